The van der Waals surface area contributed by atoms with Gasteiger partial charge in [-0.1, -0.05) is 129 Å². The van der Waals surface area contributed by atoms with E-state index < -0.39 is 104 Å². The molecule has 0 aromatic heterocycles. The number of rotatable bonds is 38. The molecule has 0 aliphatic carbocycles. The van der Waals surface area contributed by atoms with Crippen molar-refractivity contribution in [1.29, 1.82) is 0 Å². The average molecular weight is 930 g/mol. The van der Waals surface area contributed by atoms with Crippen LogP contribution in [0.3, 0.4) is 0 Å². The summed E-state index contributed by atoms with van der Waals surface area (Å²) in [5.74, 6) is -6.12. The molecule has 18 nitrogen and oxygen atoms in total. The molecule has 0 bridgehead atoms. The van der Waals surface area contributed by atoms with Gasteiger partial charge in [0.1, 0.15) is 55.3 Å². The van der Waals surface area contributed by atoms with Crippen LogP contribution < -0.4 is 21.7 Å². The van der Waals surface area contributed by atoms with E-state index in [1.807, 2.05) is 0 Å². The molecule has 0 aromatic rings. The number of aliphatic carboxylic acids is 1. The minimum Gasteiger partial charge on any atom is -0.481 e. The number of nitrogens with one attached hydrogen (secondary N) is 3. The first-order valence-corrected chi connectivity index (χ1v) is 24.4. The zero-order valence-corrected chi connectivity index (χ0v) is 39.9. The van der Waals surface area contributed by atoms with Crippen LogP contribution in [0.15, 0.2) is 0 Å². The van der Waals surface area contributed by atoms with Crippen LogP contribution in [-0.4, -0.2) is 118 Å². The van der Waals surface area contributed by atoms with Crippen molar-refractivity contribution in [3.8, 4) is 0 Å². The molecule has 1 aliphatic heterocycles. The number of aliphatic hydroxyl groups excluding tert-OH is 2. The summed E-state index contributed by atoms with van der Waals surface area (Å²) in [4.78, 5) is 87.2. The van der Waals surface area contributed by atoms with E-state index >= 15 is 0 Å². The zero-order valence-electron chi connectivity index (χ0n) is 40.9. The molecule has 1 unspecified atom stereocenters. The second kappa shape index (κ2) is 35.3. The summed E-state index contributed by atoms with van der Waals surface area (Å²) >= 11 is 0. The van der Waals surface area contributed by atoms with Crippen molar-refractivity contribution in [3.05, 3.63) is 0 Å². The van der Waals surface area contributed by atoms with Crippen molar-refractivity contribution >= 4 is 41.5 Å². The summed E-state index contributed by atoms with van der Waals surface area (Å²) < 4.78 is 31.0. The van der Waals surface area contributed by atoms with E-state index in [4.69, 9.17) is 31.2 Å². The summed E-state index contributed by atoms with van der Waals surface area (Å²) in [6.45, 7) is 7.31. The van der Waals surface area contributed by atoms with Gasteiger partial charge in [0.15, 0.2) is 7.70 Å². The lowest BCUT2D eigenvalue weighted by atomic mass is 9.96. The molecule has 1 fully saturated rings. The first-order chi connectivity index (χ1) is 31.4. The fraction of sp³-hybridized carbons (Fsp3) is 0.851. The van der Waals surface area contributed by atoms with Crippen molar-refractivity contribution in [2.45, 2.75) is 250 Å². The van der Waals surface area contributed by atoms with E-state index in [1.165, 1.54) is 90.9 Å². The molecule has 0 radical (unpaired) electrons. The highest BCUT2D eigenvalue weighted by molar-refractivity contribution is 5.92. The first kappa shape index (κ1) is 57.3. The average Bonchev–Trinajstić information content (AvgIpc) is 3.26. The van der Waals surface area contributed by atoms with Gasteiger partial charge < -0.3 is 55.9 Å². The maximum Gasteiger partial charge on any atom is 0.309 e. The van der Waals surface area contributed by atoms with Crippen molar-refractivity contribution in [3.63, 3.8) is 0 Å². The van der Waals surface area contributed by atoms with Crippen LogP contribution in [-0.2, 0) is 52.5 Å². The number of carboxylic acid groups (broad SMARTS) is 1. The normalized spacial score (nSPS) is 20.4. The van der Waals surface area contributed by atoms with E-state index in [1.54, 1.807) is 0 Å². The number of nitrogens with two attached hydrogens (primary N) is 1. The highest BCUT2D eigenvalue weighted by Crippen LogP contribution is 2.25. The van der Waals surface area contributed by atoms with E-state index in [0.717, 1.165) is 51.9 Å². The molecule has 1 rings (SSSR count). The second-order valence-corrected chi connectivity index (χ2v) is 17.5. The Morgan fingerprint density at radius 1 is 0.723 bits per heavy atom. The topological polar surface area (TPSA) is 279 Å². The molecule has 1 aliphatic rings. The molecule has 18 heteroatoms. The maximum absolute atomic E-state index is 13.3. The Bertz CT molecular complexity index is 1440. The Morgan fingerprint density at radius 3 is 1.75 bits per heavy atom. The minimum absolute atomic E-state index is 0.242. The standard InChI is InChI=1S/C47H84N4O14/c1-6-8-10-12-14-16-17-19-20-22-24-26-35(64-39(55)27-25-23-21-18-15-13-11-9-7-2)30-40(56)62-31-37-42(57)43(41(47(61)65-37)50-34(5)52)63-33(4)46(60)49-32(3)45(59)51-36(44(48)58)28-29-38(53)54/h32-33,35-37,41-43,47,57,61H,6-31H2,1-5H3,(H2,48,58)(H,49,60)(H,50,52)(H,51,59)(H,53,54)/t32-,33+,35+,36-,37+,41+,42+,43+,47?/m0/s1/i/hD. The molecule has 0 aromatic carbocycles. The lowest BCUT2D eigenvalue weighted by molar-refractivity contribution is -0.267. The monoisotopic (exact) mass is 930 g/mol. The molecular formula is C47H84N4O14. The second-order valence-electron chi connectivity index (χ2n) is 17.5. The highest BCUT2D eigenvalue weighted by Gasteiger charge is 2.47. The van der Waals surface area contributed by atoms with Gasteiger partial charge in [-0.05, 0) is 39.5 Å². The molecule has 8 N–H and O–H groups in total. The van der Waals surface area contributed by atoms with E-state index in [2.05, 4.69) is 24.5 Å². The quantitative estimate of drug-likeness (QED) is 0.0312. The molecule has 1 saturated heterocycles. The number of aliphatic hydroxyl groups is 2. The number of hydrogen-bond acceptors (Lipinski definition) is 13. The SMILES string of the molecule is [2H]N(C(=O)[C@@H](C)O[C@H]1[C@H](O)[C@@H](COC(=O)C[C@@H](CCCCCCCCCCCCC)OC(=O)CCCCCCCCCCC)OC(O)[C@@H]1NC(C)=O)[C@@H](C)C(=O)N[C@@H](CCC(=O)O)C(N)=O. The van der Waals surface area contributed by atoms with E-state index in [-0.39, 0.29) is 30.5 Å². The molecule has 0 saturated carbocycles. The van der Waals surface area contributed by atoms with Crippen molar-refractivity contribution in [2.75, 3.05) is 6.61 Å². The van der Waals surface area contributed by atoms with Crippen LogP contribution in [0, 0.1) is 0 Å². The fourth-order valence-electron chi connectivity index (χ4n) is 7.60. The Morgan fingerprint density at radius 2 is 1.25 bits per heavy atom. The molecule has 65 heavy (non-hydrogen) atoms. The largest absolute Gasteiger partial charge is 0.481 e. The van der Waals surface area contributed by atoms with Gasteiger partial charge in [0.05, 0.1) is 6.42 Å². The highest BCUT2D eigenvalue weighted by atomic mass is 16.6. The fourth-order valence-corrected chi connectivity index (χ4v) is 7.60. The summed E-state index contributed by atoms with van der Waals surface area (Å²) in [5, 5.41) is 36.2. The van der Waals surface area contributed by atoms with Gasteiger partial charge in [-0.15, -0.1) is 0 Å². The minimum atomic E-state index is -1.82. The number of ether oxygens (including phenoxy) is 4. The zero-order chi connectivity index (χ0) is 49.4. The van der Waals surface area contributed by atoms with Gasteiger partial charge in [0.25, 0.3) is 0 Å². The van der Waals surface area contributed by atoms with Crippen molar-refractivity contribution in [2.24, 2.45) is 5.73 Å². The number of amides is 4. The number of hydrogen-bond donors (Lipinski definition) is 7. The number of carbonyl (C=O) groups excluding carboxylic acids is 6. The predicted octanol–water partition coefficient (Wildman–Crippen LogP) is 5.15. The Labute approximate surface area is 388 Å². The third kappa shape index (κ3) is 27.4. The third-order valence-electron chi connectivity index (χ3n) is 11.5. The number of primary amides is 1. The first-order valence-electron chi connectivity index (χ1n) is 24.8. The van der Waals surface area contributed by atoms with Crippen molar-refractivity contribution in [1.82, 2.24) is 15.9 Å². The number of carbonyl (C=O) groups is 7. The van der Waals surface area contributed by atoms with Crippen LogP contribution in [0.1, 0.15) is 195 Å². The number of esters is 2. The number of carboxylic acids is 1. The van der Waals surface area contributed by atoms with E-state index in [9.17, 15) is 43.8 Å². The molecule has 0 spiro atoms. The van der Waals surface area contributed by atoms with Gasteiger partial charge >= 0.3 is 17.9 Å². The van der Waals surface area contributed by atoms with Gasteiger partial charge in [-0.3, -0.25) is 33.6 Å². The molecular weight excluding hydrogens is 845 g/mol. The number of unbranched alkanes of at least 4 members (excludes halogenated alkanes) is 18. The Kier molecular flexibility index (Phi) is 31.1. The summed E-state index contributed by atoms with van der Waals surface area (Å²) in [6.07, 6.45) is 13.2. The van der Waals surface area contributed by atoms with Crippen LogP contribution in [0.2, 0.25) is 1.41 Å². The third-order valence-corrected chi connectivity index (χ3v) is 11.5. The Hall–Kier alpha value is -3.87. The maximum atomic E-state index is 13.3. The smallest absolute Gasteiger partial charge is 0.309 e. The molecule has 4 amide bonds. The predicted molar refractivity (Wildman–Crippen MR) is 243 cm³/mol. The van der Waals surface area contributed by atoms with Gasteiger partial charge in [0.2, 0.25) is 23.6 Å². The van der Waals surface area contributed by atoms with Crippen LogP contribution in [0.4, 0.5) is 0 Å². The summed E-state index contributed by atoms with van der Waals surface area (Å²) in [7, 11) is 0. The molecule has 376 valence electrons. The summed E-state index contributed by atoms with van der Waals surface area (Å²) in [6, 6.07) is -4.36. The lowest BCUT2D eigenvalue weighted by Gasteiger charge is -2.43. The van der Waals surface area contributed by atoms with Crippen LogP contribution >= 0.6 is 0 Å². The van der Waals surface area contributed by atoms with Gasteiger partial charge in [-0.2, -0.15) is 0 Å². The lowest BCUT2D eigenvalue weighted by Crippen LogP contribution is -2.66. The van der Waals surface area contributed by atoms with Gasteiger partial charge in [0, 0.05) is 19.8 Å². The molecule has 1 heterocycles. The summed E-state index contributed by atoms with van der Waals surface area (Å²) in [5.41, 5.74) is 5.28. The van der Waals surface area contributed by atoms with Crippen molar-refractivity contribution < 1.29 is 69.2 Å². The van der Waals surface area contributed by atoms with Crippen LogP contribution in [0.25, 0.3) is 0 Å². The molecule has 9 atom stereocenters. The van der Waals surface area contributed by atoms with Crippen LogP contribution in [0.5, 0.6) is 0 Å². The van der Waals surface area contributed by atoms with E-state index in [0.29, 0.717) is 12.8 Å². The Balaban J connectivity index is 2.93. The van der Waals surface area contributed by atoms with Gasteiger partial charge in [-0.25, -0.2) is 0 Å².